The van der Waals surface area contributed by atoms with Crippen LogP contribution in [0.2, 0.25) is 0 Å². The lowest BCUT2D eigenvalue weighted by molar-refractivity contribution is -0.116. The molecule has 5 N–H and O–H groups in total. The van der Waals surface area contributed by atoms with Gasteiger partial charge < -0.3 is 21.4 Å². The monoisotopic (exact) mass is 530 g/mol. The van der Waals surface area contributed by atoms with Crippen molar-refractivity contribution in [2.45, 2.75) is 57.9 Å². The van der Waals surface area contributed by atoms with Crippen molar-refractivity contribution >= 4 is 34.1 Å². The summed E-state index contributed by atoms with van der Waals surface area (Å²) in [4.78, 5) is 28.0. The van der Waals surface area contributed by atoms with Crippen LogP contribution in [-0.4, -0.2) is 27.0 Å². The molecule has 2 aromatic carbocycles. The molecule has 2 aromatic heterocycles. The number of nitrogens with zero attached hydrogens (tertiary/aromatic N) is 2. The summed E-state index contributed by atoms with van der Waals surface area (Å²) >= 11 is 1.42. The molecule has 0 aliphatic rings. The highest BCUT2D eigenvalue weighted by atomic mass is 32.1. The third kappa shape index (κ3) is 8.36. The van der Waals surface area contributed by atoms with E-state index in [-0.39, 0.29) is 18.2 Å². The van der Waals surface area contributed by atoms with E-state index in [1.54, 1.807) is 0 Å². The summed E-state index contributed by atoms with van der Waals surface area (Å²) in [5.74, 6) is 0.523. The Labute approximate surface area is 227 Å². The fourth-order valence-electron chi connectivity index (χ4n) is 4.06. The maximum atomic E-state index is 12.5. The molecule has 0 atom stereocenters. The fourth-order valence-corrected chi connectivity index (χ4v) is 4.86. The molecule has 2 amide bonds. The van der Waals surface area contributed by atoms with Crippen LogP contribution < -0.4 is 16.4 Å². The molecule has 0 unspecified atom stereocenters. The number of nitrogens with one attached hydrogen (secondary N) is 3. The predicted octanol–water partition coefficient (Wildman–Crippen LogP) is 4.99. The van der Waals surface area contributed by atoms with Gasteiger partial charge in [0.1, 0.15) is 10.8 Å². The number of amides is 2. The molecule has 2 heterocycles. The molecule has 198 valence electrons. The minimum absolute atomic E-state index is 0.0756. The maximum Gasteiger partial charge on any atom is 0.230 e. The van der Waals surface area contributed by atoms with Crippen molar-refractivity contribution in [3.8, 4) is 0 Å². The molecule has 0 radical (unpaired) electrons. The van der Waals surface area contributed by atoms with Gasteiger partial charge in [-0.2, -0.15) is 0 Å². The van der Waals surface area contributed by atoms with E-state index in [1.165, 1.54) is 11.3 Å². The molecule has 0 aliphatic heterocycles. The largest absolute Gasteiger partial charge is 0.345 e. The van der Waals surface area contributed by atoms with E-state index in [4.69, 9.17) is 5.73 Å². The zero-order valence-corrected chi connectivity index (χ0v) is 22.6. The van der Waals surface area contributed by atoms with Crippen molar-refractivity contribution in [1.29, 1.82) is 0 Å². The van der Waals surface area contributed by atoms with Gasteiger partial charge in [0.05, 0.1) is 12.8 Å². The number of carbonyl (C=O) groups is 2. The van der Waals surface area contributed by atoms with Crippen LogP contribution in [-0.2, 0) is 40.8 Å². The Morgan fingerprint density at radius 3 is 2.37 bits per heavy atom. The lowest BCUT2D eigenvalue weighted by Gasteiger charge is -2.19. The fraction of sp³-hybridized carbons (Fsp3) is 0.310. The number of aromatic nitrogens is 3. The standard InChI is InChI=1S/C29H34N6O2S/c1-29(2,30)22-12-8-11-21(17-22)19-25(36)32-24-16-15-23(31-24)13-6-7-14-27-34-35-28(38-27)33-26(37)18-20-9-4-3-5-10-20/h3-5,8-12,15-17,31H,6-7,13-14,18-19,30H2,1-2H3,(H,32,36)(H,33,35,37). The van der Waals surface area contributed by atoms with Crippen molar-refractivity contribution in [3.63, 3.8) is 0 Å². The number of aryl methyl sites for hydroxylation is 2. The minimum atomic E-state index is -0.447. The van der Waals surface area contributed by atoms with Gasteiger partial charge in [-0.05, 0) is 61.9 Å². The van der Waals surface area contributed by atoms with Gasteiger partial charge >= 0.3 is 0 Å². The lowest BCUT2D eigenvalue weighted by Crippen LogP contribution is -2.28. The highest BCUT2D eigenvalue weighted by Gasteiger charge is 2.15. The molecule has 0 aliphatic carbocycles. The molecule has 4 rings (SSSR count). The van der Waals surface area contributed by atoms with Crippen molar-refractivity contribution < 1.29 is 9.59 Å². The van der Waals surface area contributed by atoms with Gasteiger partial charge in [0.25, 0.3) is 0 Å². The average Bonchev–Trinajstić information content (AvgIpc) is 3.51. The number of anilines is 2. The van der Waals surface area contributed by atoms with Crippen LogP contribution in [0.3, 0.4) is 0 Å². The van der Waals surface area contributed by atoms with Crippen molar-refractivity contribution in [3.05, 3.63) is 94.1 Å². The summed E-state index contributed by atoms with van der Waals surface area (Å²) in [5.41, 5.74) is 9.70. The number of hydrogen-bond donors (Lipinski definition) is 4. The van der Waals surface area contributed by atoms with E-state index in [0.717, 1.165) is 53.1 Å². The first-order valence-corrected chi connectivity index (χ1v) is 13.6. The molecule has 0 spiro atoms. The second-order valence-electron chi connectivity index (χ2n) is 9.96. The maximum absolute atomic E-state index is 12.5. The van der Waals surface area contributed by atoms with E-state index in [0.29, 0.717) is 17.4 Å². The first-order chi connectivity index (χ1) is 18.2. The van der Waals surface area contributed by atoms with Crippen LogP contribution >= 0.6 is 11.3 Å². The lowest BCUT2D eigenvalue weighted by atomic mass is 9.93. The van der Waals surface area contributed by atoms with E-state index < -0.39 is 5.54 Å². The first kappa shape index (κ1) is 27.2. The van der Waals surface area contributed by atoms with Gasteiger partial charge in [-0.1, -0.05) is 65.9 Å². The van der Waals surface area contributed by atoms with Gasteiger partial charge in [0, 0.05) is 17.7 Å². The number of H-pyrrole nitrogens is 1. The Kier molecular flexibility index (Phi) is 9.04. The van der Waals surface area contributed by atoms with Gasteiger partial charge in [-0.3, -0.25) is 9.59 Å². The van der Waals surface area contributed by atoms with E-state index in [2.05, 4.69) is 25.8 Å². The number of carbonyl (C=O) groups excluding carboxylic acids is 2. The Bertz CT molecular complexity index is 1360. The molecule has 0 saturated carbocycles. The SMILES string of the molecule is CC(C)(N)c1cccc(CC(=O)Nc2ccc(CCCCc3nnc(NC(=O)Cc4ccccc4)s3)[nH]2)c1. The summed E-state index contributed by atoms with van der Waals surface area (Å²) in [6.45, 7) is 3.90. The molecular weight excluding hydrogens is 496 g/mol. The highest BCUT2D eigenvalue weighted by molar-refractivity contribution is 7.15. The van der Waals surface area contributed by atoms with Crippen LogP contribution in [0.5, 0.6) is 0 Å². The third-order valence-corrected chi connectivity index (χ3v) is 6.96. The third-order valence-electron chi connectivity index (χ3n) is 6.06. The zero-order chi connectivity index (χ0) is 27.0. The van der Waals surface area contributed by atoms with Gasteiger partial charge in [-0.15, -0.1) is 10.2 Å². The summed E-state index contributed by atoms with van der Waals surface area (Å²) in [5, 5.41) is 15.5. The molecular formula is C29H34N6O2S. The Balaban J connectivity index is 1.16. The second kappa shape index (κ2) is 12.6. The predicted molar refractivity (Wildman–Crippen MR) is 152 cm³/mol. The summed E-state index contributed by atoms with van der Waals surface area (Å²) in [6.07, 6.45) is 4.17. The van der Waals surface area contributed by atoms with Crippen LogP contribution in [0.15, 0.2) is 66.7 Å². The number of aromatic amines is 1. The van der Waals surface area contributed by atoms with E-state index in [9.17, 15) is 9.59 Å². The molecule has 38 heavy (non-hydrogen) atoms. The van der Waals surface area contributed by atoms with E-state index in [1.807, 2.05) is 80.6 Å². The van der Waals surface area contributed by atoms with Gasteiger partial charge in [-0.25, -0.2) is 0 Å². The average molecular weight is 531 g/mol. The number of rotatable bonds is 12. The van der Waals surface area contributed by atoms with Crippen LogP contribution in [0, 0.1) is 0 Å². The highest BCUT2D eigenvalue weighted by Crippen LogP contribution is 2.20. The van der Waals surface area contributed by atoms with Crippen LogP contribution in [0.25, 0.3) is 0 Å². The first-order valence-electron chi connectivity index (χ1n) is 12.8. The number of hydrogen-bond acceptors (Lipinski definition) is 6. The summed E-state index contributed by atoms with van der Waals surface area (Å²) in [7, 11) is 0. The Hall–Kier alpha value is -3.82. The number of benzene rings is 2. The van der Waals surface area contributed by atoms with Crippen LogP contribution in [0.1, 0.15) is 54.1 Å². The van der Waals surface area contributed by atoms with Crippen molar-refractivity contribution in [2.75, 3.05) is 10.6 Å². The quantitative estimate of drug-likeness (QED) is 0.192. The Morgan fingerprint density at radius 1 is 0.868 bits per heavy atom. The Morgan fingerprint density at radius 2 is 1.58 bits per heavy atom. The number of unbranched alkanes of at least 4 members (excludes halogenated alkanes) is 1. The summed E-state index contributed by atoms with van der Waals surface area (Å²) in [6, 6.07) is 21.3. The van der Waals surface area contributed by atoms with E-state index >= 15 is 0 Å². The molecule has 4 aromatic rings. The molecule has 8 nitrogen and oxygen atoms in total. The zero-order valence-electron chi connectivity index (χ0n) is 21.8. The minimum Gasteiger partial charge on any atom is -0.345 e. The molecule has 0 bridgehead atoms. The smallest absolute Gasteiger partial charge is 0.230 e. The molecule has 9 heteroatoms. The van der Waals surface area contributed by atoms with Crippen molar-refractivity contribution in [1.82, 2.24) is 15.2 Å². The molecule has 0 fully saturated rings. The normalized spacial score (nSPS) is 11.3. The number of nitrogens with two attached hydrogens (primary N) is 1. The summed E-state index contributed by atoms with van der Waals surface area (Å²) < 4.78 is 0. The van der Waals surface area contributed by atoms with Crippen molar-refractivity contribution in [2.24, 2.45) is 5.73 Å². The topological polar surface area (TPSA) is 126 Å². The second-order valence-corrected chi connectivity index (χ2v) is 11.0. The molecule has 0 saturated heterocycles. The van der Waals surface area contributed by atoms with Crippen LogP contribution in [0.4, 0.5) is 10.9 Å². The van der Waals surface area contributed by atoms with Gasteiger partial charge in [0.15, 0.2) is 0 Å². The van der Waals surface area contributed by atoms with Gasteiger partial charge in [0.2, 0.25) is 16.9 Å².